The maximum atomic E-state index is 13.3. The average Bonchev–Trinajstić information content (AvgIpc) is 2.48. The number of rotatable bonds is 4. The van der Waals surface area contributed by atoms with E-state index in [0.717, 1.165) is 24.9 Å². The topological polar surface area (TPSA) is 73.9 Å². The molecule has 0 aliphatic carbocycles. The molecule has 0 saturated carbocycles. The molecule has 1 aliphatic rings. The van der Waals surface area contributed by atoms with Gasteiger partial charge in [0.25, 0.3) is 0 Å². The lowest BCUT2D eigenvalue weighted by atomic mass is 9.98. The number of hydrogen-bond donors (Lipinski definition) is 3. The number of nitrogens with one attached hydrogen (secondary N) is 1. The molecule has 2 rings (SSSR count). The number of piperidine rings is 1. The van der Waals surface area contributed by atoms with Gasteiger partial charge in [-0.15, -0.1) is 0 Å². The average molecular weight is 294 g/mol. The molecule has 6 heteroatoms. The molecule has 5 nitrogen and oxygen atoms in total. The minimum atomic E-state index is -0.395. The van der Waals surface area contributed by atoms with Gasteiger partial charge in [-0.05, 0) is 51.1 Å². The van der Waals surface area contributed by atoms with Gasteiger partial charge in [-0.1, -0.05) is 11.2 Å². The molecule has 116 valence electrons. The van der Waals surface area contributed by atoms with Crippen molar-refractivity contribution in [3.05, 3.63) is 35.1 Å². The lowest BCUT2D eigenvalue weighted by molar-refractivity contribution is 0.168. The van der Waals surface area contributed by atoms with Crippen LogP contribution in [0.25, 0.3) is 0 Å². The molecule has 1 aromatic rings. The van der Waals surface area contributed by atoms with Crippen LogP contribution in [-0.4, -0.2) is 41.6 Å². The summed E-state index contributed by atoms with van der Waals surface area (Å²) in [5.41, 5.74) is 6.88. The van der Waals surface area contributed by atoms with Gasteiger partial charge in [0.05, 0.1) is 0 Å². The van der Waals surface area contributed by atoms with Crippen LogP contribution >= 0.6 is 0 Å². The maximum Gasteiger partial charge on any atom is 0.170 e. The van der Waals surface area contributed by atoms with Gasteiger partial charge in [0.1, 0.15) is 5.82 Å². The first-order chi connectivity index (χ1) is 10.0. The standard InChI is InChI=1S/C15H23FN4O/c1-10-7-13(5-6-20(10)2)18-9-11-3-4-12(16)8-14(11)15(17)19-21/h3-4,8,10,13,18,21H,5-7,9H2,1-2H3,(H2,17,19). The van der Waals surface area contributed by atoms with Crippen molar-refractivity contribution in [2.45, 2.75) is 38.4 Å². The van der Waals surface area contributed by atoms with Gasteiger partial charge in [0.2, 0.25) is 0 Å². The molecule has 1 fully saturated rings. The van der Waals surface area contributed by atoms with Gasteiger partial charge in [0.15, 0.2) is 5.84 Å². The van der Waals surface area contributed by atoms with Crippen molar-refractivity contribution in [2.24, 2.45) is 10.9 Å². The van der Waals surface area contributed by atoms with E-state index >= 15 is 0 Å². The zero-order valence-electron chi connectivity index (χ0n) is 12.5. The van der Waals surface area contributed by atoms with Crippen LogP contribution in [0.4, 0.5) is 4.39 Å². The third-order valence-electron chi connectivity index (χ3n) is 4.25. The van der Waals surface area contributed by atoms with Crippen molar-refractivity contribution < 1.29 is 9.60 Å². The number of nitrogens with two attached hydrogens (primary N) is 1. The monoisotopic (exact) mass is 294 g/mol. The highest BCUT2D eigenvalue weighted by molar-refractivity contribution is 5.98. The molecule has 0 radical (unpaired) electrons. The van der Waals surface area contributed by atoms with Crippen LogP contribution < -0.4 is 11.1 Å². The summed E-state index contributed by atoms with van der Waals surface area (Å²) in [5.74, 6) is -0.462. The molecular weight excluding hydrogens is 271 g/mol. The van der Waals surface area contributed by atoms with Gasteiger partial charge in [-0.3, -0.25) is 0 Å². The van der Waals surface area contributed by atoms with Gasteiger partial charge in [0, 0.05) is 24.2 Å². The SMILES string of the molecule is CC1CC(NCc2ccc(F)cc2/C(N)=N/O)CCN1C. The predicted octanol–water partition coefficient (Wildman–Crippen LogP) is 1.49. The quantitative estimate of drug-likeness (QED) is 0.340. The van der Waals surface area contributed by atoms with Crippen molar-refractivity contribution in [2.75, 3.05) is 13.6 Å². The highest BCUT2D eigenvalue weighted by atomic mass is 19.1. The van der Waals surface area contributed by atoms with Crippen molar-refractivity contribution in [1.82, 2.24) is 10.2 Å². The molecule has 4 N–H and O–H groups in total. The normalized spacial score (nSPS) is 24.2. The number of likely N-dealkylation sites (tertiary alicyclic amines) is 1. The molecule has 0 amide bonds. The second-order valence-electron chi connectivity index (χ2n) is 5.72. The lowest BCUT2D eigenvalue weighted by Gasteiger charge is -2.35. The first-order valence-corrected chi connectivity index (χ1v) is 7.21. The van der Waals surface area contributed by atoms with Crippen LogP contribution in [0.3, 0.4) is 0 Å². The van der Waals surface area contributed by atoms with Crippen LogP contribution in [0.2, 0.25) is 0 Å². The first kappa shape index (κ1) is 15.7. The second kappa shape index (κ2) is 6.87. The molecule has 0 spiro atoms. The van der Waals surface area contributed by atoms with E-state index in [1.807, 2.05) is 0 Å². The molecule has 1 aliphatic heterocycles. The Morgan fingerprint density at radius 3 is 3.00 bits per heavy atom. The number of amidine groups is 1. The van der Waals surface area contributed by atoms with E-state index in [-0.39, 0.29) is 5.84 Å². The molecule has 1 saturated heterocycles. The summed E-state index contributed by atoms with van der Waals surface area (Å²) in [6, 6.07) is 5.34. The molecule has 1 aromatic carbocycles. The Balaban J connectivity index is 2.03. The Kier molecular flexibility index (Phi) is 5.14. The van der Waals surface area contributed by atoms with E-state index in [0.29, 0.717) is 24.2 Å². The van der Waals surface area contributed by atoms with E-state index in [1.165, 1.54) is 12.1 Å². The number of benzene rings is 1. The van der Waals surface area contributed by atoms with Crippen LogP contribution in [-0.2, 0) is 6.54 Å². The fourth-order valence-corrected chi connectivity index (χ4v) is 2.72. The molecule has 0 bridgehead atoms. The fraction of sp³-hybridized carbons (Fsp3) is 0.533. The van der Waals surface area contributed by atoms with E-state index in [9.17, 15) is 4.39 Å². The second-order valence-corrected chi connectivity index (χ2v) is 5.72. The summed E-state index contributed by atoms with van der Waals surface area (Å²) in [6.07, 6.45) is 2.16. The van der Waals surface area contributed by atoms with Gasteiger partial charge >= 0.3 is 0 Å². The summed E-state index contributed by atoms with van der Waals surface area (Å²) >= 11 is 0. The van der Waals surface area contributed by atoms with E-state index in [2.05, 4.69) is 29.3 Å². The number of oxime groups is 1. The Morgan fingerprint density at radius 2 is 2.33 bits per heavy atom. The number of nitrogens with zero attached hydrogens (tertiary/aromatic N) is 2. The van der Waals surface area contributed by atoms with Crippen LogP contribution in [0.15, 0.2) is 23.4 Å². The number of hydrogen-bond acceptors (Lipinski definition) is 4. The summed E-state index contributed by atoms with van der Waals surface area (Å²) in [4.78, 5) is 2.35. The summed E-state index contributed by atoms with van der Waals surface area (Å²) < 4.78 is 13.3. The highest BCUT2D eigenvalue weighted by Crippen LogP contribution is 2.17. The van der Waals surface area contributed by atoms with Crippen LogP contribution in [0, 0.1) is 5.82 Å². The van der Waals surface area contributed by atoms with Crippen LogP contribution in [0.5, 0.6) is 0 Å². The molecular formula is C15H23FN4O. The van der Waals surface area contributed by atoms with Crippen molar-refractivity contribution in [3.63, 3.8) is 0 Å². The molecule has 1 heterocycles. The Bertz CT molecular complexity index is 520. The van der Waals surface area contributed by atoms with Crippen molar-refractivity contribution in [1.29, 1.82) is 0 Å². The van der Waals surface area contributed by atoms with Crippen molar-refractivity contribution >= 4 is 5.84 Å². The minimum absolute atomic E-state index is 0.0666. The smallest absolute Gasteiger partial charge is 0.170 e. The predicted molar refractivity (Wildman–Crippen MR) is 80.9 cm³/mol. The first-order valence-electron chi connectivity index (χ1n) is 7.21. The van der Waals surface area contributed by atoms with Gasteiger partial charge in [-0.25, -0.2) is 4.39 Å². The summed E-state index contributed by atoms with van der Waals surface area (Å²) in [5, 5.41) is 15.3. The summed E-state index contributed by atoms with van der Waals surface area (Å²) in [7, 11) is 2.14. The fourth-order valence-electron chi connectivity index (χ4n) is 2.72. The van der Waals surface area contributed by atoms with E-state index < -0.39 is 5.82 Å². The zero-order chi connectivity index (χ0) is 15.4. The number of halogens is 1. The lowest BCUT2D eigenvalue weighted by Crippen LogP contribution is -2.45. The summed E-state index contributed by atoms with van der Waals surface area (Å²) in [6.45, 7) is 3.86. The van der Waals surface area contributed by atoms with Gasteiger partial charge < -0.3 is 21.2 Å². The van der Waals surface area contributed by atoms with E-state index in [1.54, 1.807) is 6.07 Å². The molecule has 2 unspecified atom stereocenters. The van der Waals surface area contributed by atoms with Crippen LogP contribution in [0.1, 0.15) is 30.9 Å². The highest BCUT2D eigenvalue weighted by Gasteiger charge is 2.22. The zero-order valence-corrected chi connectivity index (χ0v) is 12.5. The molecule has 0 aromatic heterocycles. The molecule has 21 heavy (non-hydrogen) atoms. The van der Waals surface area contributed by atoms with E-state index in [4.69, 9.17) is 10.9 Å². The third-order valence-corrected chi connectivity index (χ3v) is 4.25. The maximum absolute atomic E-state index is 13.3. The Labute approximate surface area is 124 Å². The van der Waals surface area contributed by atoms with Crippen molar-refractivity contribution in [3.8, 4) is 0 Å². The third kappa shape index (κ3) is 3.92. The minimum Gasteiger partial charge on any atom is -0.409 e. The Morgan fingerprint density at radius 1 is 1.57 bits per heavy atom. The van der Waals surface area contributed by atoms with Gasteiger partial charge in [-0.2, -0.15) is 0 Å². The largest absolute Gasteiger partial charge is 0.409 e. The Hall–Kier alpha value is -1.66. The molecule has 2 atom stereocenters.